The van der Waals surface area contributed by atoms with E-state index < -0.39 is 0 Å². The summed E-state index contributed by atoms with van der Waals surface area (Å²) in [5.41, 5.74) is 0. The Hall–Kier alpha value is -0.0800. The molecular formula is C16H33NO. The summed E-state index contributed by atoms with van der Waals surface area (Å²) in [4.78, 5) is 0. The van der Waals surface area contributed by atoms with Crippen LogP contribution in [0.3, 0.4) is 0 Å². The van der Waals surface area contributed by atoms with E-state index in [1.807, 2.05) is 0 Å². The Morgan fingerprint density at radius 3 is 2.33 bits per heavy atom. The van der Waals surface area contributed by atoms with E-state index in [1.54, 1.807) is 0 Å². The van der Waals surface area contributed by atoms with Crippen molar-refractivity contribution in [2.24, 2.45) is 5.92 Å². The highest BCUT2D eigenvalue weighted by Gasteiger charge is 2.22. The van der Waals surface area contributed by atoms with Crippen molar-refractivity contribution in [3.8, 4) is 0 Å². The number of unbranched alkanes of at least 4 members (excludes halogenated alkanes) is 5. The molecule has 1 aliphatic rings. The molecule has 0 radical (unpaired) electrons. The predicted octanol–water partition coefficient (Wildman–Crippen LogP) is 4.14. The molecule has 18 heavy (non-hydrogen) atoms. The van der Waals surface area contributed by atoms with Crippen LogP contribution in [0.5, 0.6) is 0 Å². The van der Waals surface area contributed by atoms with Crippen molar-refractivity contribution in [3.63, 3.8) is 0 Å². The second-order valence-electron chi connectivity index (χ2n) is 5.67. The molecule has 1 unspecified atom stereocenters. The summed E-state index contributed by atoms with van der Waals surface area (Å²) in [5.74, 6) is 0.856. The molecule has 1 atom stereocenters. The number of hydrogen-bond acceptors (Lipinski definition) is 2. The molecule has 1 rings (SSSR count). The van der Waals surface area contributed by atoms with Gasteiger partial charge in [0.05, 0.1) is 0 Å². The third kappa shape index (κ3) is 6.75. The number of hydrogen-bond donors (Lipinski definition) is 1. The zero-order chi connectivity index (χ0) is 13.1. The van der Waals surface area contributed by atoms with Gasteiger partial charge in [-0.2, -0.15) is 0 Å². The average Bonchev–Trinajstić information content (AvgIpc) is 2.42. The van der Waals surface area contributed by atoms with Gasteiger partial charge in [-0.1, -0.05) is 52.4 Å². The number of nitrogens with one attached hydrogen (secondary N) is 1. The molecule has 0 aromatic carbocycles. The second kappa shape index (κ2) is 10.8. The van der Waals surface area contributed by atoms with Gasteiger partial charge >= 0.3 is 0 Å². The fourth-order valence-corrected chi connectivity index (χ4v) is 3.03. The topological polar surface area (TPSA) is 21.3 Å². The van der Waals surface area contributed by atoms with E-state index in [4.69, 9.17) is 4.74 Å². The summed E-state index contributed by atoms with van der Waals surface area (Å²) in [7, 11) is 0. The van der Waals surface area contributed by atoms with Crippen LogP contribution in [0.4, 0.5) is 0 Å². The predicted molar refractivity (Wildman–Crippen MR) is 79.0 cm³/mol. The molecule has 0 bridgehead atoms. The first-order valence-electron chi connectivity index (χ1n) is 8.19. The molecule has 0 spiro atoms. The Balaban J connectivity index is 2.12. The molecule has 0 saturated carbocycles. The zero-order valence-corrected chi connectivity index (χ0v) is 12.5. The molecule has 0 aromatic heterocycles. The molecule has 108 valence electrons. The molecule has 0 aliphatic carbocycles. The normalized spacial score (nSPS) is 19.0. The van der Waals surface area contributed by atoms with Crippen LogP contribution in [0.25, 0.3) is 0 Å². The first-order valence-corrected chi connectivity index (χ1v) is 8.19. The summed E-state index contributed by atoms with van der Waals surface area (Å²) in [6.45, 7) is 7.57. The van der Waals surface area contributed by atoms with E-state index in [1.165, 1.54) is 57.8 Å². The van der Waals surface area contributed by atoms with E-state index in [-0.39, 0.29) is 0 Å². The fraction of sp³-hybridized carbons (Fsp3) is 1.00. The highest BCUT2D eigenvalue weighted by atomic mass is 16.5. The van der Waals surface area contributed by atoms with Crippen molar-refractivity contribution in [2.75, 3.05) is 19.8 Å². The van der Waals surface area contributed by atoms with Crippen LogP contribution < -0.4 is 5.32 Å². The Labute approximate surface area is 114 Å². The van der Waals surface area contributed by atoms with E-state index in [0.29, 0.717) is 0 Å². The molecule has 1 saturated heterocycles. The van der Waals surface area contributed by atoms with Gasteiger partial charge in [0.2, 0.25) is 0 Å². The molecule has 1 aliphatic heterocycles. The molecule has 0 amide bonds. The third-order valence-corrected chi connectivity index (χ3v) is 4.17. The van der Waals surface area contributed by atoms with Crippen molar-refractivity contribution >= 4 is 0 Å². The van der Waals surface area contributed by atoms with E-state index in [2.05, 4.69) is 19.2 Å². The molecule has 2 heteroatoms. The quantitative estimate of drug-likeness (QED) is 0.592. The highest BCUT2D eigenvalue weighted by Crippen LogP contribution is 2.22. The maximum absolute atomic E-state index is 5.47. The summed E-state index contributed by atoms with van der Waals surface area (Å²) in [6, 6.07) is 0.741. The maximum Gasteiger partial charge on any atom is 0.0469 e. The molecular weight excluding hydrogens is 222 g/mol. The Kier molecular flexibility index (Phi) is 9.59. The van der Waals surface area contributed by atoms with Crippen LogP contribution in [0.2, 0.25) is 0 Å². The lowest BCUT2D eigenvalue weighted by molar-refractivity contribution is 0.0524. The lowest BCUT2D eigenvalue weighted by atomic mass is 9.88. The van der Waals surface area contributed by atoms with Gasteiger partial charge in [-0.3, -0.25) is 0 Å². The van der Waals surface area contributed by atoms with Crippen molar-refractivity contribution in [1.82, 2.24) is 5.32 Å². The van der Waals surface area contributed by atoms with Gasteiger partial charge in [-0.25, -0.2) is 0 Å². The first kappa shape index (κ1) is 16.0. The lowest BCUT2D eigenvalue weighted by Gasteiger charge is -2.31. The van der Waals surface area contributed by atoms with Gasteiger partial charge in [0, 0.05) is 19.3 Å². The van der Waals surface area contributed by atoms with E-state index in [0.717, 1.165) is 31.7 Å². The van der Waals surface area contributed by atoms with Crippen molar-refractivity contribution in [1.29, 1.82) is 0 Å². The second-order valence-corrected chi connectivity index (χ2v) is 5.67. The molecule has 1 N–H and O–H groups in total. The number of rotatable bonds is 10. The van der Waals surface area contributed by atoms with Gasteiger partial charge in [0.15, 0.2) is 0 Å². The van der Waals surface area contributed by atoms with Crippen LogP contribution >= 0.6 is 0 Å². The van der Waals surface area contributed by atoms with Crippen LogP contribution in [0, 0.1) is 5.92 Å². The fourth-order valence-electron chi connectivity index (χ4n) is 3.03. The van der Waals surface area contributed by atoms with Crippen LogP contribution in [-0.2, 0) is 4.74 Å². The first-order chi connectivity index (χ1) is 8.88. The lowest BCUT2D eigenvalue weighted by Crippen LogP contribution is -2.38. The van der Waals surface area contributed by atoms with E-state index >= 15 is 0 Å². The standard InChI is InChI=1S/C16H33NO/c1-3-5-6-7-8-9-10-16(17-4-2)15-11-13-18-14-12-15/h15-17H,3-14H2,1-2H3. The summed E-state index contributed by atoms with van der Waals surface area (Å²) in [6.07, 6.45) is 12.3. The smallest absolute Gasteiger partial charge is 0.0469 e. The summed E-state index contributed by atoms with van der Waals surface area (Å²) >= 11 is 0. The van der Waals surface area contributed by atoms with Gasteiger partial charge < -0.3 is 10.1 Å². The van der Waals surface area contributed by atoms with Crippen LogP contribution in [-0.4, -0.2) is 25.8 Å². The monoisotopic (exact) mass is 255 g/mol. The highest BCUT2D eigenvalue weighted by molar-refractivity contribution is 4.78. The SMILES string of the molecule is CCCCCCCCC(NCC)C1CCOCC1. The van der Waals surface area contributed by atoms with Gasteiger partial charge in [-0.15, -0.1) is 0 Å². The van der Waals surface area contributed by atoms with Crippen LogP contribution in [0.1, 0.15) is 71.6 Å². The molecule has 1 fully saturated rings. The van der Waals surface area contributed by atoms with Crippen molar-refractivity contribution in [3.05, 3.63) is 0 Å². The minimum atomic E-state index is 0.741. The molecule has 0 aromatic rings. The summed E-state index contributed by atoms with van der Waals surface area (Å²) < 4.78 is 5.47. The maximum atomic E-state index is 5.47. The average molecular weight is 255 g/mol. The largest absolute Gasteiger partial charge is 0.381 e. The minimum absolute atomic E-state index is 0.741. The minimum Gasteiger partial charge on any atom is -0.381 e. The Morgan fingerprint density at radius 2 is 1.67 bits per heavy atom. The Morgan fingerprint density at radius 1 is 1.00 bits per heavy atom. The van der Waals surface area contributed by atoms with Gasteiger partial charge in [-0.05, 0) is 31.7 Å². The summed E-state index contributed by atoms with van der Waals surface area (Å²) in [5, 5.41) is 3.70. The molecule has 2 nitrogen and oxygen atoms in total. The van der Waals surface area contributed by atoms with Gasteiger partial charge in [0.25, 0.3) is 0 Å². The molecule has 1 heterocycles. The van der Waals surface area contributed by atoms with Crippen molar-refractivity contribution in [2.45, 2.75) is 77.7 Å². The van der Waals surface area contributed by atoms with Gasteiger partial charge in [0.1, 0.15) is 0 Å². The third-order valence-electron chi connectivity index (χ3n) is 4.17. The zero-order valence-electron chi connectivity index (χ0n) is 12.5. The van der Waals surface area contributed by atoms with Crippen molar-refractivity contribution < 1.29 is 4.74 Å². The Bertz CT molecular complexity index is 178. The van der Waals surface area contributed by atoms with E-state index in [9.17, 15) is 0 Å². The van der Waals surface area contributed by atoms with Crippen LogP contribution in [0.15, 0.2) is 0 Å². The number of ether oxygens (including phenoxy) is 1.